The van der Waals surface area contributed by atoms with Gasteiger partial charge in [0.2, 0.25) is 0 Å². The molecule has 29 heavy (non-hydrogen) atoms. The zero-order valence-electron chi connectivity index (χ0n) is 15.9. The van der Waals surface area contributed by atoms with Gasteiger partial charge in [0, 0.05) is 42.6 Å². The molecule has 0 radical (unpaired) electrons. The lowest BCUT2D eigenvalue weighted by atomic mass is 10.1. The average Bonchev–Trinajstić information content (AvgIpc) is 2.75. The number of hydrogen-bond acceptors (Lipinski definition) is 4. The van der Waals surface area contributed by atoms with E-state index >= 15 is 0 Å². The third-order valence-electron chi connectivity index (χ3n) is 4.54. The van der Waals surface area contributed by atoms with E-state index in [0.29, 0.717) is 11.6 Å². The minimum atomic E-state index is 0.696. The van der Waals surface area contributed by atoms with E-state index in [2.05, 4.69) is 20.9 Å². The van der Waals surface area contributed by atoms with Gasteiger partial charge in [-0.1, -0.05) is 41.9 Å². The maximum Gasteiger partial charge on any atom is 0.0706 e. The molecule has 0 saturated carbocycles. The fourth-order valence-electron chi connectivity index (χ4n) is 3.21. The predicted molar refractivity (Wildman–Crippen MR) is 116 cm³/mol. The lowest BCUT2D eigenvalue weighted by Gasteiger charge is -2.21. The van der Waals surface area contributed by atoms with E-state index in [4.69, 9.17) is 16.6 Å². The van der Waals surface area contributed by atoms with Crippen LogP contribution < -0.4 is 0 Å². The lowest BCUT2D eigenvalue weighted by Crippen LogP contribution is -2.24. The van der Waals surface area contributed by atoms with Gasteiger partial charge in [0.25, 0.3) is 0 Å². The van der Waals surface area contributed by atoms with E-state index in [-0.39, 0.29) is 0 Å². The molecular formula is C24H21ClN4. The molecule has 0 unspecified atom stereocenters. The van der Waals surface area contributed by atoms with Crippen molar-refractivity contribution in [1.82, 2.24) is 19.9 Å². The Labute approximate surface area is 175 Å². The summed E-state index contributed by atoms with van der Waals surface area (Å²) in [5.41, 5.74) is 4.97. The molecule has 0 bridgehead atoms. The lowest BCUT2D eigenvalue weighted by molar-refractivity contribution is 0.239. The van der Waals surface area contributed by atoms with Crippen molar-refractivity contribution in [3.63, 3.8) is 0 Å². The Bertz CT molecular complexity index is 1010. The summed E-state index contributed by atoms with van der Waals surface area (Å²) >= 11 is 6.15. The summed E-state index contributed by atoms with van der Waals surface area (Å²) in [6.07, 6.45) is 3.65. The van der Waals surface area contributed by atoms with Crippen LogP contribution in [0.3, 0.4) is 0 Å². The minimum absolute atomic E-state index is 0.696. The first-order chi connectivity index (χ1) is 14.3. The van der Waals surface area contributed by atoms with Crippen LogP contribution in [0.15, 0.2) is 91.3 Å². The van der Waals surface area contributed by atoms with Gasteiger partial charge < -0.3 is 0 Å². The highest BCUT2D eigenvalue weighted by molar-refractivity contribution is 6.30. The molecule has 0 saturated heterocycles. The van der Waals surface area contributed by atoms with Gasteiger partial charge in [-0.3, -0.25) is 19.9 Å². The number of aromatic nitrogens is 3. The van der Waals surface area contributed by atoms with Crippen molar-refractivity contribution in [1.29, 1.82) is 0 Å². The van der Waals surface area contributed by atoms with Gasteiger partial charge in [-0.2, -0.15) is 0 Å². The van der Waals surface area contributed by atoms with Gasteiger partial charge >= 0.3 is 0 Å². The second-order valence-corrected chi connectivity index (χ2v) is 7.25. The third kappa shape index (κ3) is 5.47. The maximum absolute atomic E-state index is 6.15. The molecule has 3 aromatic heterocycles. The van der Waals surface area contributed by atoms with Crippen LogP contribution in [-0.4, -0.2) is 19.9 Å². The quantitative estimate of drug-likeness (QED) is 0.417. The monoisotopic (exact) mass is 400 g/mol. The molecule has 0 N–H and O–H groups in total. The average molecular weight is 401 g/mol. The normalized spacial score (nSPS) is 11.0. The zero-order chi connectivity index (χ0) is 19.9. The SMILES string of the molecule is Clc1cccc(-c2cccc(CN(Cc3ccccn3)Cc3ccccn3)n2)c1. The van der Waals surface area contributed by atoms with Crippen LogP contribution in [-0.2, 0) is 19.6 Å². The summed E-state index contributed by atoms with van der Waals surface area (Å²) in [7, 11) is 0. The summed E-state index contributed by atoms with van der Waals surface area (Å²) in [6.45, 7) is 2.14. The van der Waals surface area contributed by atoms with Crippen LogP contribution in [0.2, 0.25) is 5.02 Å². The highest BCUT2D eigenvalue weighted by Gasteiger charge is 2.11. The van der Waals surface area contributed by atoms with Gasteiger partial charge in [-0.15, -0.1) is 0 Å². The van der Waals surface area contributed by atoms with Crippen molar-refractivity contribution in [2.24, 2.45) is 0 Å². The number of hydrogen-bond donors (Lipinski definition) is 0. The van der Waals surface area contributed by atoms with Crippen molar-refractivity contribution < 1.29 is 0 Å². The van der Waals surface area contributed by atoms with Crippen LogP contribution >= 0.6 is 11.6 Å². The zero-order valence-corrected chi connectivity index (χ0v) is 16.7. The first-order valence-corrected chi connectivity index (χ1v) is 9.88. The smallest absolute Gasteiger partial charge is 0.0706 e. The second kappa shape index (κ2) is 9.41. The number of benzene rings is 1. The second-order valence-electron chi connectivity index (χ2n) is 6.81. The molecule has 0 aliphatic rings. The molecule has 0 amide bonds. The van der Waals surface area contributed by atoms with E-state index in [1.54, 1.807) is 0 Å². The molecule has 0 aliphatic heterocycles. The molecule has 4 aromatic rings. The Morgan fingerprint density at radius 1 is 0.655 bits per heavy atom. The van der Waals surface area contributed by atoms with Gasteiger partial charge in [0.05, 0.1) is 22.8 Å². The fourth-order valence-corrected chi connectivity index (χ4v) is 3.40. The van der Waals surface area contributed by atoms with Gasteiger partial charge in [-0.05, 0) is 48.5 Å². The molecule has 4 nitrogen and oxygen atoms in total. The van der Waals surface area contributed by atoms with E-state index in [0.717, 1.165) is 41.4 Å². The number of nitrogens with zero attached hydrogens (tertiary/aromatic N) is 4. The third-order valence-corrected chi connectivity index (χ3v) is 4.77. The summed E-state index contributed by atoms with van der Waals surface area (Å²) < 4.78 is 0. The highest BCUT2D eigenvalue weighted by atomic mass is 35.5. The number of halogens is 1. The molecule has 0 fully saturated rings. The van der Waals surface area contributed by atoms with Crippen LogP contribution in [0.25, 0.3) is 11.3 Å². The van der Waals surface area contributed by atoms with E-state index in [1.165, 1.54) is 0 Å². The molecule has 0 spiro atoms. The summed E-state index contributed by atoms with van der Waals surface area (Å²) in [5.74, 6) is 0. The Morgan fingerprint density at radius 2 is 1.28 bits per heavy atom. The van der Waals surface area contributed by atoms with Crippen molar-refractivity contribution in [3.05, 3.63) is 113 Å². The van der Waals surface area contributed by atoms with Crippen LogP contribution in [0.4, 0.5) is 0 Å². The van der Waals surface area contributed by atoms with Gasteiger partial charge in [0.15, 0.2) is 0 Å². The number of pyridine rings is 3. The van der Waals surface area contributed by atoms with Gasteiger partial charge in [-0.25, -0.2) is 0 Å². The Hall–Kier alpha value is -3.08. The van der Waals surface area contributed by atoms with Crippen molar-refractivity contribution in [2.45, 2.75) is 19.6 Å². The molecule has 3 heterocycles. The largest absolute Gasteiger partial charge is 0.286 e. The molecule has 4 rings (SSSR count). The highest BCUT2D eigenvalue weighted by Crippen LogP contribution is 2.22. The van der Waals surface area contributed by atoms with Crippen molar-refractivity contribution >= 4 is 11.6 Å². The predicted octanol–water partition coefficient (Wildman–Crippen LogP) is 5.39. The Kier molecular flexibility index (Phi) is 6.25. The fraction of sp³-hybridized carbons (Fsp3) is 0.125. The van der Waals surface area contributed by atoms with E-state index < -0.39 is 0 Å². The topological polar surface area (TPSA) is 41.9 Å². The molecule has 0 atom stereocenters. The molecule has 5 heteroatoms. The molecule has 1 aromatic carbocycles. The first kappa shape index (κ1) is 19.2. The Morgan fingerprint density at radius 3 is 1.90 bits per heavy atom. The van der Waals surface area contributed by atoms with Crippen molar-refractivity contribution in [2.75, 3.05) is 0 Å². The standard InChI is InChI=1S/C24H21ClN4/c25-20-8-5-7-19(15-20)24-12-6-11-23(28-24)18-29(16-21-9-1-3-13-26-21)17-22-10-2-4-14-27-22/h1-15H,16-18H2. The summed E-state index contributed by atoms with van der Waals surface area (Å²) in [5, 5.41) is 0.710. The van der Waals surface area contributed by atoms with E-state index in [1.807, 2.05) is 85.2 Å². The first-order valence-electron chi connectivity index (χ1n) is 9.50. The molecule has 144 valence electrons. The minimum Gasteiger partial charge on any atom is -0.286 e. The van der Waals surface area contributed by atoms with Crippen LogP contribution in [0.1, 0.15) is 17.1 Å². The Balaban J connectivity index is 1.57. The van der Waals surface area contributed by atoms with Crippen LogP contribution in [0, 0.1) is 0 Å². The summed E-state index contributed by atoms with van der Waals surface area (Å²) in [4.78, 5) is 16.1. The van der Waals surface area contributed by atoms with E-state index in [9.17, 15) is 0 Å². The molecule has 0 aliphatic carbocycles. The van der Waals surface area contributed by atoms with Crippen molar-refractivity contribution in [3.8, 4) is 11.3 Å². The molecular weight excluding hydrogens is 380 g/mol. The number of rotatable bonds is 7. The van der Waals surface area contributed by atoms with Crippen LogP contribution in [0.5, 0.6) is 0 Å². The van der Waals surface area contributed by atoms with Gasteiger partial charge in [0.1, 0.15) is 0 Å². The maximum atomic E-state index is 6.15. The summed E-state index contributed by atoms with van der Waals surface area (Å²) in [6, 6.07) is 25.9.